The summed E-state index contributed by atoms with van der Waals surface area (Å²) in [6.07, 6.45) is 1.41. The smallest absolute Gasteiger partial charge is 0.262 e. The fourth-order valence-corrected chi connectivity index (χ4v) is 4.11. The number of hydrogen-bond donors (Lipinski definition) is 3. The number of phenolic OH excluding ortho intramolecular Hbond substituents is 1. The fourth-order valence-electron chi connectivity index (χ4n) is 3.01. The molecular formula is C23H23FN2O4S. The highest BCUT2D eigenvalue weighted by atomic mass is 32.2. The second-order valence-corrected chi connectivity index (χ2v) is 8.77. The maximum Gasteiger partial charge on any atom is 0.262 e. The molecule has 0 unspecified atom stereocenters. The van der Waals surface area contributed by atoms with Gasteiger partial charge in [-0.05, 0) is 67.3 Å². The molecule has 0 spiro atoms. The first-order valence-electron chi connectivity index (χ1n) is 9.70. The first-order valence-corrected chi connectivity index (χ1v) is 11.2. The highest BCUT2D eigenvalue weighted by molar-refractivity contribution is 7.92. The van der Waals surface area contributed by atoms with Crippen LogP contribution in [0.1, 0.15) is 27.9 Å². The Morgan fingerprint density at radius 1 is 1.03 bits per heavy atom. The number of para-hydroxylation sites is 1. The third-order valence-corrected chi connectivity index (χ3v) is 6.11. The maximum absolute atomic E-state index is 13.8. The number of nitrogens with one attached hydrogen (secondary N) is 2. The zero-order chi connectivity index (χ0) is 22.4. The zero-order valence-electron chi connectivity index (χ0n) is 16.9. The number of aryl methyl sites for hydroxylation is 2. The van der Waals surface area contributed by atoms with Gasteiger partial charge < -0.3 is 10.4 Å². The van der Waals surface area contributed by atoms with Crippen LogP contribution in [0.2, 0.25) is 0 Å². The van der Waals surface area contributed by atoms with Crippen molar-refractivity contribution in [2.45, 2.75) is 24.7 Å². The van der Waals surface area contributed by atoms with Crippen LogP contribution in [0.25, 0.3) is 0 Å². The van der Waals surface area contributed by atoms with Crippen molar-refractivity contribution in [1.29, 1.82) is 0 Å². The van der Waals surface area contributed by atoms with E-state index in [2.05, 4.69) is 10.0 Å². The quantitative estimate of drug-likeness (QED) is 0.460. The van der Waals surface area contributed by atoms with Gasteiger partial charge in [-0.3, -0.25) is 9.52 Å². The molecule has 0 saturated heterocycles. The minimum absolute atomic E-state index is 0.129. The molecule has 0 aliphatic rings. The number of anilines is 1. The molecule has 1 amide bonds. The van der Waals surface area contributed by atoms with Gasteiger partial charge in [0.15, 0.2) is 0 Å². The second-order valence-electron chi connectivity index (χ2n) is 7.09. The Kier molecular flexibility index (Phi) is 6.91. The van der Waals surface area contributed by atoms with E-state index in [1.165, 1.54) is 30.3 Å². The molecule has 0 fully saturated rings. The van der Waals surface area contributed by atoms with Gasteiger partial charge in [0.1, 0.15) is 11.6 Å². The Labute approximate surface area is 180 Å². The van der Waals surface area contributed by atoms with Gasteiger partial charge in [-0.25, -0.2) is 12.8 Å². The Morgan fingerprint density at radius 3 is 2.45 bits per heavy atom. The molecule has 0 aliphatic heterocycles. The minimum Gasteiger partial charge on any atom is -0.508 e. The molecule has 0 heterocycles. The van der Waals surface area contributed by atoms with Crippen molar-refractivity contribution in [3.8, 4) is 5.75 Å². The number of rotatable bonds is 8. The summed E-state index contributed by atoms with van der Waals surface area (Å²) in [4.78, 5) is 12.5. The Morgan fingerprint density at radius 2 is 1.74 bits per heavy atom. The molecule has 3 rings (SSSR count). The van der Waals surface area contributed by atoms with E-state index >= 15 is 0 Å². The van der Waals surface area contributed by atoms with Crippen LogP contribution in [0.3, 0.4) is 0 Å². The van der Waals surface area contributed by atoms with Crippen LogP contribution in [-0.4, -0.2) is 26.0 Å². The minimum atomic E-state index is -4.06. The standard InChI is InChI=1S/C23H23FN2O4S/c1-16-8-13-19(31(29,30)26-22-7-3-2-6-21(22)24)15-20(16)23(28)25-14-4-5-17-9-11-18(27)12-10-17/h2-3,6-13,15,26-27H,4-5,14H2,1H3,(H,25,28). The third-order valence-electron chi connectivity index (χ3n) is 4.75. The predicted octanol–water partition coefficient (Wildman–Crippen LogP) is 4.00. The van der Waals surface area contributed by atoms with Crippen molar-refractivity contribution in [3.05, 3.63) is 89.2 Å². The van der Waals surface area contributed by atoms with E-state index in [1.54, 1.807) is 25.1 Å². The SMILES string of the molecule is Cc1ccc(S(=O)(=O)Nc2ccccc2F)cc1C(=O)NCCCc1ccc(O)cc1. The van der Waals surface area contributed by atoms with E-state index < -0.39 is 15.8 Å². The van der Waals surface area contributed by atoms with Crippen molar-refractivity contribution in [2.24, 2.45) is 0 Å². The number of amides is 1. The average molecular weight is 443 g/mol. The lowest BCUT2D eigenvalue weighted by Crippen LogP contribution is -2.26. The summed E-state index contributed by atoms with van der Waals surface area (Å²) in [7, 11) is -4.06. The van der Waals surface area contributed by atoms with Crippen LogP contribution < -0.4 is 10.0 Å². The first-order chi connectivity index (χ1) is 14.8. The number of carbonyl (C=O) groups excluding carboxylic acids is 1. The van der Waals surface area contributed by atoms with Crippen LogP contribution in [-0.2, 0) is 16.4 Å². The van der Waals surface area contributed by atoms with E-state index in [4.69, 9.17) is 0 Å². The van der Waals surface area contributed by atoms with Crippen LogP contribution >= 0.6 is 0 Å². The van der Waals surface area contributed by atoms with Crippen LogP contribution in [0.4, 0.5) is 10.1 Å². The highest BCUT2D eigenvalue weighted by Crippen LogP contribution is 2.21. The number of hydrogen-bond acceptors (Lipinski definition) is 4. The van der Waals surface area contributed by atoms with Crippen LogP contribution in [0.5, 0.6) is 5.75 Å². The largest absolute Gasteiger partial charge is 0.508 e. The molecule has 0 saturated carbocycles. The van der Waals surface area contributed by atoms with E-state index in [-0.39, 0.29) is 27.8 Å². The summed E-state index contributed by atoms with van der Waals surface area (Å²) >= 11 is 0. The van der Waals surface area contributed by atoms with Gasteiger partial charge in [-0.1, -0.05) is 30.3 Å². The van der Waals surface area contributed by atoms with Crippen molar-refractivity contribution in [1.82, 2.24) is 5.32 Å². The Balaban J connectivity index is 1.66. The van der Waals surface area contributed by atoms with Crippen molar-refractivity contribution in [3.63, 3.8) is 0 Å². The normalized spacial score (nSPS) is 11.2. The van der Waals surface area contributed by atoms with Crippen LogP contribution in [0.15, 0.2) is 71.6 Å². The van der Waals surface area contributed by atoms with E-state index in [1.807, 2.05) is 12.1 Å². The molecule has 8 heteroatoms. The van der Waals surface area contributed by atoms with Gasteiger partial charge >= 0.3 is 0 Å². The molecule has 0 aliphatic carbocycles. The van der Waals surface area contributed by atoms with Crippen molar-refractivity contribution in [2.75, 3.05) is 11.3 Å². The summed E-state index contributed by atoms with van der Waals surface area (Å²) in [5.74, 6) is -0.872. The highest BCUT2D eigenvalue weighted by Gasteiger charge is 2.19. The van der Waals surface area contributed by atoms with Gasteiger partial charge in [0.25, 0.3) is 15.9 Å². The number of phenols is 1. The van der Waals surface area contributed by atoms with E-state index in [0.29, 0.717) is 18.5 Å². The summed E-state index contributed by atoms with van der Waals surface area (Å²) < 4.78 is 41.3. The topological polar surface area (TPSA) is 95.5 Å². The first kappa shape index (κ1) is 22.3. The molecule has 3 aromatic rings. The van der Waals surface area contributed by atoms with Gasteiger partial charge in [-0.2, -0.15) is 0 Å². The second kappa shape index (κ2) is 9.61. The summed E-state index contributed by atoms with van der Waals surface area (Å²) in [5.41, 5.74) is 1.74. The zero-order valence-corrected chi connectivity index (χ0v) is 17.7. The number of benzene rings is 3. The van der Waals surface area contributed by atoms with Crippen molar-refractivity contribution < 1.29 is 22.7 Å². The van der Waals surface area contributed by atoms with Gasteiger partial charge in [0, 0.05) is 12.1 Å². The molecule has 162 valence electrons. The van der Waals surface area contributed by atoms with Crippen molar-refractivity contribution >= 4 is 21.6 Å². The molecule has 3 N–H and O–H groups in total. The lowest BCUT2D eigenvalue weighted by Gasteiger charge is -2.12. The Bertz CT molecular complexity index is 1180. The molecule has 0 atom stereocenters. The summed E-state index contributed by atoms with van der Waals surface area (Å²) in [6, 6.07) is 16.5. The molecular weight excluding hydrogens is 419 g/mol. The molecule has 6 nitrogen and oxygen atoms in total. The van der Waals surface area contributed by atoms with Gasteiger partial charge in [-0.15, -0.1) is 0 Å². The third kappa shape index (κ3) is 5.82. The lowest BCUT2D eigenvalue weighted by molar-refractivity contribution is 0.0952. The fraction of sp³-hybridized carbons (Fsp3) is 0.174. The number of halogens is 1. The molecule has 0 bridgehead atoms. The number of aromatic hydroxyl groups is 1. The Hall–Kier alpha value is -3.39. The predicted molar refractivity (Wildman–Crippen MR) is 117 cm³/mol. The van der Waals surface area contributed by atoms with E-state index in [0.717, 1.165) is 18.1 Å². The van der Waals surface area contributed by atoms with Crippen LogP contribution in [0, 0.1) is 12.7 Å². The molecule has 3 aromatic carbocycles. The number of carbonyl (C=O) groups is 1. The number of sulfonamides is 1. The molecule has 0 aromatic heterocycles. The van der Waals surface area contributed by atoms with Gasteiger partial charge in [0.2, 0.25) is 0 Å². The monoisotopic (exact) mass is 442 g/mol. The molecule has 0 radical (unpaired) electrons. The maximum atomic E-state index is 13.8. The molecule has 31 heavy (non-hydrogen) atoms. The lowest BCUT2D eigenvalue weighted by atomic mass is 10.1. The average Bonchev–Trinajstić information content (AvgIpc) is 2.74. The van der Waals surface area contributed by atoms with Gasteiger partial charge in [0.05, 0.1) is 10.6 Å². The summed E-state index contributed by atoms with van der Waals surface area (Å²) in [5, 5.41) is 12.1. The summed E-state index contributed by atoms with van der Waals surface area (Å²) in [6.45, 7) is 2.12. The van der Waals surface area contributed by atoms with E-state index in [9.17, 15) is 22.7 Å².